The number of hydrogen-bond acceptors (Lipinski definition) is 7. The van der Waals surface area contributed by atoms with Gasteiger partial charge in [-0.15, -0.1) is 11.3 Å². The van der Waals surface area contributed by atoms with Gasteiger partial charge in [-0.25, -0.2) is 9.78 Å². The summed E-state index contributed by atoms with van der Waals surface area (Å²) in [4.78, 5) is 43.7. The van der Waals surface area contributed by atoms with Crippen molar-refractivity contribution >= 4 is 39.3 Å². The molecular weight excluding hydrogens is 418 g/mol. The number of nitrogens with one attached hydrogen (secondary N) is 1. The van der Waals surface area contributed by atoms with Crippen LogP contribution in [-0.2, 0) is 16.0 Å². The third-order valence-corrected chi connectivity index (χ3v) is 6.31. The minimum Gasteiger partial charge on any atom is -0.497 e. The minimum absolute atomic E-state index is 0.133. The average Bonchev–Trinajstić information content (AvgIpc) is 3.45. The van der Waals surface area contributed by atoms with Crippen LogP contribution in [0.3, 0.4) is 0 Å². The molecule has 1 unspecified atom stereocenters. The highest BCUT2D eigenvalue weighted by atomic mass is 32.1. The standard InChI is InChI=1S/C22H23N3O5S/c1-13-15-6-5-14(29-2)12-18(15)30-21(28)16(13)7-8-19(26)25-10-3-4-17(25)20(27)24-22-23-9-11-31-22/h5-6,9,11-12,17H,3-4,7-8,10H2,1-2H3,(H,23,24,27). The molecule has 0 aliphatic carbocycles. The normalized spacial score (nSPS) is 15.9. The van der Waals surface area contributed by atoms with Crippen molar-refractivity contribution in [3.8, 4) is 5.75 Å². The van der Waals surface area contributed by atoms with Crippen molar-refractivity contribution in [1.29, 1.82) is 0 Å². The first kappa shape index (κ1) is 21.0. The number of carbonyl (C=O) groups excluding carboxylic acids is 2. The molecule has 1 atom stereocenters. The summed E-state index contributed by atoms with van der Waals surface area (Å²) in [5.41, 5.74) is 1.27. The first-order chi connectivity index (χ1) is 15.0. The lowest BCUT2D eigenvalue weighted by Gasteiger charge is -2.23. The maximum absolute atomic E-state index is 12.9. The molecule has 8 nitrogen and oxygen atoms in total. The van der Waals surface area contributed by atoms with Crippen LogP contribution >= 0.6 is 11.3 Å². The van der Waals surface area contributed by atoms with E-state index in [2.05, 4.69) is 10.3 Å². The molecule has 162 valence electrons. The number of methoxy groups -OCH3 is 1. The van der Waals surface area contributed by atoms with E-state index in [1.54, 1.807) is 35.7 Å². The number of ether oxygens (including phenoxy) is 1. The van der Waals surface area contributed by atoms with Crippen LogP contribution in [0.4, 0.5) is 5.13 Å². The van der Waals surface area contributed by atoms with Gasteiger partial charge in [0.05, 0.1) is 7.11 Å². The van der Waals surface area contributed by atoms with Gasteiger partial charge in [-0.1, -0.05) is 0 Å². The number of benzene rings is 1. The molecule has 1 aliphatic rings. The molecule has 3 heterocycles. The monoisotopic (exact) mass is 441 g/mol. The highest BCUT2D eigenvalue weighted by Gasteiger charge is 2.34. The zero-order valence-electron chi connectivity index (χ0n) is 17.3. The summed E-state index contributed by atoms with van der Waals surface area (Å²) < 4.78 is 10.6. The van der Waals surface area contributed by atoms with Gasteiger partial charge < -0.3 is 19.4 Å². The van der Waals surface area contributed by atoms with Gasteiger partial charge in [-0.05, 0) is 43.9 Å². The van der Waals surface area contributed by atoms with E-state index in [1.807, 2.05) is 13.0 Å². The second-order valence-corrected chi connectivity index (χ2v) is 8.32. The van der Waals surface area contributed by atoms with Crippen molar-refractivity contribution in [3.05, 3.63) is 51.3 Å². The summed E-state index contributed by atoms with van der Waals surface area (Å²) in [6.45, 7) is 2.38. The molecule has 1 fully saturated rings. The Balaban J connectivity index is 1.47. The lowest BCUT2D eigenvalue weighted by atomic mass is 10.0. The molecule has 31 heavy (non-hydrogen) atoms. The summed E-state index contributed by atoms with van der Waals surface area (Å²) in [6, 6.07) is 4.81. The Morgan fingerprint density at radius 3 is 2.97 bits per heavy atom. The molecule has 1 aliphatic heterocycles. The Morgan fingerprint density at radius 1 is 1.39 bits per heavy atom. The topological polar surface area (TPSA) is 102 Å². The molecule has 9 heteroatoms. The van der Waals surface area contributed by atoms with Crippen LogP contribution in [-0.4, -0.2) is 41.4 Å². The molecule has 2 amide bonds. The second-order valence-electron chi connectivity index (χ2n) is 7.43. The molecule has 0 spiro atoms. The molecule has 0 saturated carbocycles. The number of aryl methyl sites for hydroxylation is 1. The predicted molar refractivity (Wildman–Crippen MR) is 118 cm³/mol. The van der Waals surface area contributed by atoms with Crippen LogP contribution in [0.5, 0.6) is 5.75 Å². The summed E-state index contributed by atoms with van der Waals surface area (Å²) in [6.07, 6.45) is 3.38. The van der Waals surface area contributed by atoms with Crippen LogP contribution in [0.25, 0.3) is 11.0 Å². The SMILES string of the molecule is COc1ccc2c(C)c(CCC(=O)N3CCCC3C(=O)Nc3nccs3)c(=O)oc2c1. The third-order valence-electron chi connectivity index (χ3n) is 5.62. The van der Waals surface area contributed by atoms with E-state index in [0.29, 0.717) is 35.0 Å². The van der Waals surface area contributed by atoms with E-state index in [1.165, 1.54) is 11.3 Å². The minimum atomic E-state index is -0.516. The largest absolute Gasteiger partial charge is 0.497 e. The van der Waals surface area contributed by atoms with Gasteiger partial charge in [0.25, 0.3) is 0 Å². The third kappa shape index (κ3) is 4.32. The number of hydrogen-bond donors (Lipinski definition) is 1. The number of anilines is 1. The fraction of sp³-hybridized carbons (Fsp3) is 0.364. The van der Waals surface area contributed by atoms with Crippen molar-refractivity contribution in [2.45, 2.75) is 38.6 Å². The van der Waals surface area contributed by atoms with E-state index in [9.17, 15) is 14.4 Å². The molecular formula is C22H23N3O5S. The van der Waals surface area contributed by atoms with Crippen molar-refractivity contribution in [3.63, 3.8) is 0 Å². The second kappa shape index (κ2) is 8.89. The number of carbonyl (C=O) groups is 2. The Bertz CT molecular complexity index is 1170. The van der Waals surface area contributed by atoms with Crippen LogP contribution in [0, 0.1) is 6.92 Å². The van der Waals surface area contributed by atoms with E-state index >= 15 is 0 Å². The first-order valence-electron chi connectivity index (χ1n) is 10.1. The van der Waals surface area contributed by atoms with E-state index in [0.717, 1.165) is 17.4 Å². The van der Waals surface area contributed by atoms with Gasteiger partial charge in [-0.2, -0.15) is 0 Å². The summed E-state index contributed by atoms with van der Waals surface area (Å²) in [7, 11) is 1.55. The van der Waals surface area contributed by atoms with E-state index in [4.69, 9.17) is 9.15 Å². The van der Waals surface area contributed by atoms with Crippen molar-refractivity contribution in [2.24, 2.45) is 0 Å². The molecule has 3 aromatic rings. The van der Waals surface area contributed by atoms with Gasteiger partial charge >= 0.3 is 5.63 Å². The Kier molecular flexibility index (Phi) is 6.03. The molecule has 0 bridgehead atoms. The summed E-state index contributed by atoms with van der Waals surface area (Å²) in [5, 5.41) is 5.88. The van der Waals surface area contributed by atoms with Crippen LogP contribution in [0.15, 0.2) is 39.0 Å². The van der Waals surface area contributed by atoms with Crippen LogP contribution < -0.4 is 15.7 Å². The Morgan fingerprint density at radius 2 is 2.23 bits per heavy atom. The van der Waals surface area contributed by atoms with Gasteiger partial charge in [0.15, 0.2) is 5.13 Å². The van der Waals surface area contributed by atoms with Gasteiger partial charge in [-0.3, -0.25) is 9.59 Å². The highest BCUT2D eigenvalue weighted by Crippen LogP contribution is 2.25. The van der Waals surface area contributed by atoms with Gasteiger partial charge in [0, 0.05) is 41.6 Å². The van der Waals surface area contributed by atoms with Gasteiger partial charge in [0.1, 0.15) is 17.4 Å². The number of aromatic nitrogens is 1. The maximum atomic E-state index is 12.9. The van der Waals surface area contributed by atoms with Crippen LogP contribution in [0.2, 0.25) is 0 Å². The van der Waals surface area contributed by atoms with Crippen molar-refractivity contribution in [1.82, 2.24) is 9.88 Å². The fourth-order valence-electron chi connectivity index (χ4n) is 3.98. The Hall–Kier alpha value is -3.20. The quantitative estimate of drug-likeness (QED) is 0.590. The zero-order chi connectivity index (χ0) is 22.0. The van der Waals surface area contributed by atoms with Gasteiger partial charge in [0.2, 0.25) is 11.8 Å². The summed E-state index contributed by atoms with van der Waals surface area (Å²) in [5.74, 6) is 0.232. The number of likely N-dealkylation sites (tertiary alicyclic amines) is 1. The smallest absolute Gasteiger partial charge is 0.339 e. The molecule has 1 aromatic carbocycles. The van der Waals surface area contributed by atoms with E-state index in [-0.39, 0.29) is 24.7 Å². The number of amides is 2. The number of thiazole rings is 1. The van der Waals surface area contributed by atoms with Crippen molar-refractivity contribution in [2.75, 3.05) is 19.0 Å². The lowest BCUT2D eigenvalue weighted by molar-refractivity contribution is -0.136. The highest BCUT2D eigenvalue weighted by molar-refractivity contribution is 7.13. The fourth-order valence-corrected chi connectivity index (χ4v) is 4.51. The molecule has 2 aromatic heterocycles. The Labute approximate surface area is 182 Å². The zero-order valence-corrected chi connectivity index (χ0v) is 18.2. The maximum Gasteiger partial charge on any atom is 0.339 e. The van der Waals surface area contributed by atoms with Crippen molar-refractivity contribution < 1.29 is 18.7 Å². The molecule has 4 rings (SSSR count). The average molecular weight is 442 g/mol. The first-order valence-corrected chi connectivity index (χ1v) is 11.0. The predicted octanol–water partition coefficient (Wildman–Crippen LogP) is 3.13. The number of fused-ring (bicyclic) bond motifs is 1. The lowest BCUT2D eigenvalue weighted by Crippen LogP contribution is -2.43. The number of rotatable bonds is 6. The van der Waals surface area contributed by atoms with Crippen LogP contribution in [0.1, 0.15) is 30.4 Å². The summed E-state index contributed by atoms with van der Waals surface area (Å²) >= 11 is 1.33. The molecule has 0 radical (unpaired) electrons. The molecule has 1 saturated heterocycles. The molecule has 1 N–H and O–H groups in total. The van der Waals surface area contributed by atoms with E-state index < -0.39 is 11.7 Å². The number of nitrogens with zero attached hydrogens (tertiary/aromatic N) is 2.